The Hall–Kier alpha value is -3.63. The monoisotopic (exact) mass is 893 g/mol. The quantitative estimate of drug-likeness (QED) is 0.0212. The summed E-state index contributed by atoms with van der Waals surface area (Å²) in [5.74, 6) is 1.01. The number of H-pyrrole nitrogens is 1. The van der Waals surface area contributed by atoms with Crippen LogP contribution in [0.3, 0.4) is 0 Å². The van der Waals surface area contributed by atoms with Gasteiger partial charge in [-0.2, -0.15) is 0 Å². The first-order chi connectivity index (χ1) is 28.2. The molecule has 1 aliphatic rings. The molecular weight excluding hydrogens is 835 g/mol. The predicted octanol–water partition coefficient (Wildman–Crippen LogP) is -5.12. The standard InChI is InChI=1S/C38H57AsN8O12/c1-3-46-24-10-5-20(13-25(24)47(4-2)30(46)16-45(19-50)37-35(39)43-36-23(42-37)11-12-40-36)38(59)41-21-6-8-22(9-7-21)44(14-26(51)31(55)33(57)28(53)17-48)15-27(52)32(56)34(58)29(54)18-49/h5,10-13,19,21-22,26-29,31-34,48-49,51-58H,3-4,6-9,14-18,39H2,1-2H3,(H-,40,41,42,43,59)/p+1/t21?,22?,26-,27-,28+,29+,31+,32+,33+,34+/m0/s1. The van der Waals surface area contributed by atoms with Crippen LogP contribution >= 0.6 is 0 Å². The molecule has 5 rings (SSSR count). The molecule has 326 valence electrons. The van der Waals surface area contributed by atoms with E-state index in [1.165, 1.54) is 21.8 Å². The van der Waals surface area contributed by atoms with Crippen molar-refractivity contribution in [1.29, 1.82) is 0 Å². The van der Waals surface area contributed by atoms with E-state index in [0.717, 1.165) is 23.3 Å². The van der Waals surface area contributed by atoms with Crippen molar-refractivity contribution in [3.63, 3.8) is 0 Å². The van der Waals surface area contributed by atoms with Crippen LogP contribution in [0.1, 0.15) is 55.7 Å². The van der Waals surface area contributed by atoms with Gasteiger partial charge in [0.15, 0.2) is 0 Å². The predicted molar refractivity (Wildman–Crippen MR) is 215 cm³/mol. The number of nitrogens with one attached hydrogen (secondary N) is 2. The number of aromatic nitrogens is 5. The minimum absolute atomic E-state index is 0.214. The number of carbonyl (C=O) groups excluding carboxylic acids is 2. The molecule has 1 unspecified atom stereocenters. The molecule has 0 bridgehead atoms. The van der Waals surface area contributed by atoms with Crippen molar-refractivity contribution >= 4 is 61.7 Å². The average Bonchev–Trinajstić information content (AvgIpc) is 3.83. The zero-order chi connectivity index (χ0) is 43.1. The molecule has 59 heavy (non-hydrogen) atoms. The Morgan fingerprint density at radius 1 is 0.915 bits per heavy atom. The van der Waals surface area contributed by atoms with Gasteiger partial charge in [0.05, 0.1) is 25.4 Å². The van der Waals surface area contributed by atoms with Crippen LogP contribution in [-0.4, -0.2) is 192 Å². The van der Waals surface area contributed by atoms with E-state index in [-0.39, 0.29) is 37.6 Å². The molecule has 2 amide bonds. The number of hydrogen-bond donors (Lipinski definition) is 12. The first-order valence-corrected chi connectivity index (χ1v) is 21.0. The van der Waals surface area contributed by atoms with Crippen LogP contribution < -0.4 is 19.3 Å². The molecule has 0 saturated heterocycles. The van der Waals surface area contributed by atoms with Gasteiger partial charge >= 0.3 is 187 Å². The molecular formula is C38H58AsN8O12+. The van der Waals surface area contributed by atoms with Gasteiger partial charge in [-0.15, -0.1) is 0 Å². The number of fused-ring (bicyclic) bond motifs is 2. The van der Waals surface area contributed by atoms with Crippen LogP contribution in [0, 0.1) is 0 Å². The van der Waals surface area contributed by atoms with E-state index < -0.39 is 62.0 Å². The summed E-state index contributed by atoms with van der Waals surface area (Å²) in [6.07, 6.45) is -10.1. The molecule has 1 saturated carbocycles. The van der Waals surface area contributed by atoms with Crippen LogP contribution in [0.25, 0.3) is 22.2 Å². The first-order valence-electron chi connectivity index (χ1n) is 19.8. The molecule has 1 aromatic carbocycles. The summed E-state index contributed by atoms with van der Waals surface area (Å²) in [6.45, 7) is 2.90. The van der Waals surface area contributed by atoms with Gasteiger partial charge < -0.3 is 51.1 Å². The van der Waals surface area contributed by atoms with Crippen LogP contribution in [0.4, 0.5) is 5.82 Å². The molecule has 0 aliphatic heterocycles. The number of carbonyl (C=O) groups is 2. The normalized spacial score (nSPS) is 20.2. The van der Waals surface area contributed by atoms with Gasteiger partial charge in [-0.3, -0.25) is 4.90 Å². The van der Waals surface area contributed by atoms with Crippen molar-refractivity contribution in [2.45, 2.75) is 120 Å². The van der Waals surface area contributed by atoms with E-state index in [2.05, 4.69) is 24.4 Å². The van der Waals surface area contributed by atoms with Crippen molar-refractivity contribution in [3.8, 4) is 0 Å². The number of hydrogen-bond acceptors (Lipinski definition) is 15. The molecule has 0 spiro atoms. The maximum absolute atomic E-state index is 13.7. The number of aromatic amines is 1. The van der Waals surface area contributed by atoms with E-state index in [9.17, 15) is 60.7 Å². The number of anilines is 1. The summed E-state index contributed by atoms with van der Waals surface area (Å²) in [5, 5.41) is 104. The second-order valence-corrected chi connectivity index (χ2v) is 16.2. The molecule has 12 N–H and O–H groups in total. The SMILES string of the molecule is CCn1c(CN(C=O)c2nc3cc[nH]c3nc2[AsH2])[n+](CC)c2ccc(C(=O)NC3CCC(N(C[C@H](O)[C@@H](O)[C@H](O)[C@H](O)CO)C[C@H](O)[C@@H](O)[C@H](O)[C@H](O)CO)CC3)cc21. The molecule has 3 aromatic heterocycles. The second kappa shape index (κ2) is 20.8. The molecule has 3 heterocycles. The van der Waals surface area contributed by atoms with Crippen LogP contribution in [-0.2, 0) is 24.4 Å². The van der Waals surface area contributed by atoms with Crippen LogP contribution in [0.5, 0.6) is 0 Å². The molecule has 0 radical (unpaired) electrons. The van der Waals surface area contributed by atoms with Gasteiger partial charge in [-0.25, -0.2) is 0 Å². The van der Waals surface area contributed by atoms with Gasteiger partial charge in [0.1, 0.15) is 36.6 Å². The van der Waals surface area contributed by atoms with Crippen LogP contribution in [0.2, 0.25) is 0 Å². The Kier molecular flexibility index (Phi) is 16.3. The zero-order valence-corrected chi connectivity index (χ0v) is 35.5. The van der Waals surface area contributed by atoms with Gasteiger partial charge in [-0.1, -0.05) is 0 Å². The van der Waals surface area contributed by atoms with E-state index in [1.807, 2.05) is 26.0 Å². The van der Waals surface area contributed by atoms with Crippen molar-refractivity contribution in [1.82, 2.24) is 29.7 Å². The number of amides is 2. The Balaban J connectivity index is 1.30. The van der Waals surface area contributed by atoms with E-state index >= 15 is 0 Å². The molecule has 1 fully saturated rings. The Bertz CT molecular complexity index is 1980. The molecule has 9 atom stereocenters. The summed E-state index contributed by atoms with van der Waals surface area (Å²) in [5.41, 5.74) is 3.41. The summed E-state index contributed by atoms with van der Waals surface area (Å²) in [6, 6.07) is 6.61. The molecule has 21 heteroatoms. The molecule has 1 aliphatic carbocycles. The number of aliphatic hydroxyl groups excluding tert-OH is 10. The topological polar surface area (TPSA) is 305 Å². The number of aliphatic hydroxyl groups is 10. The van der Waals surface area contributed by atoms with Crippen molar-refractivity contribution in [3.05, 3.63) is 41.9 Å². The third kappa shape index (κ3) is 10.5. The number of nitrogens with zero attached hydrogens (tertiary/aromatic N) is 6. The summed E-state index contributed by atoms with van der Waals surface area (Å²) >= 11 is 1.24. The van der Waals surface area contributed by atoms with Crippen LogP contribution in [0.15, 0.2) is 30.5 Å². The third-order valence-electron chi connectivity index (χ3n) is 11.2. The maximum atomic E-state index is 13.7. The Labute approximate surface area is 348 Å². The number of imidazole rings is 1. The van der Waals surface area contributed by atoms with Gasteiger partial charge in [0.2, 0.25) is 0 Å². The van der Waals surface area contributed by atoms with Gasteiger partial charge in [-0.05, 0) is 25.7 Å². The minimum atomic E-state index is -1.89. The number of benzene rings is 1. The summed E-state index contributed by atoms with van der Waals surface area (Å²) < 4.78 is 4.82. The van der Waals surface area contributed by atoms with E-state index in [1.54, 1.807) is 23.2 Å². The fourth-order valence-corrected chi connectivity index (χ4v) is 8.61. The van der Waals surface area contributed by atoms with Gasteiger partial charge in [0.25, 0.3) is 0 Å². The van der Waals surface area contributed by atoms with E-state index in [0.29, 0.717) is 65.8 Å². The van der Waals surface area contributed by atoms with E-state index in [4.69, 9.17) is 4.98 Å². The summed E-state index contributed by atoms with van der Waals surface area (Å²) in [7, 11) is 0. The number of rotatable bonds is 21. The van der Waals surface area contributed by atoms with Crippen molar-refractivity contribution in [2.75, 3.05) is 31.2 Å². The Morgan fingerprint density at radius 3 is 2.05 bits per heavy atom. The Morgan fingerprint density at radius 2 is 1.51 bits per heavy atom. The summed E-state index contributed by atoms with van der Waals surface area (Å²) in [4.78, 5) is 41.6. The molecule has 20 nitrogen and oxygen atoms in total. The van der Waals surface area contributed by atoms with Crippen molar-refractivity contribution in [2.24, 2.45) is 0 Å². The third-order valence-corrected chi connectivity index (χ3v) is 12.0. The van der Waals surface area contributed by atoms with Crippen molar-refractivity contribution < 1.29 is 65.2 Å². The average molecular weight is 894 g/mol. The molecule has 4 aromatic rings. The first kappa shape index (κ1) is 46.4. The fourth-order valence-electron chi connectivity index (χ4n) is 7.86. The zero-order valence-electron chi connectivity index (χ0n) is 33.1. The fraction of sp³-hybridized carbons (Fsp3) is 0.605. The second-order valence-electron chi connectivity index (χ2n) is 15.0. The number of aryl methyl sites for hydroxylation is 2. The van der Waals surface area contributed by atoms with Gasteiger partial charge in [0, 0.05) is 19.1 Å².